The van der Waals surface area contributed by atoms with Gasteiger partial charge in [0.2, 0.25) is 10.0 Å². The lowest BCUT2D eigenvalue weighted by atomic mass is 10.3. The summed E-state index contributed by atoms with van der Waals surface area (Å²) in [6, 6.07) is 1.59. The van der Waals surface area contributed by atoms with Gasteiger partial charge in [0.15, 0.2) is 0 Å². The molecule has 1 rings (SSSR count). The summed E-state index contributed by atoms with van der Waals surface area (Å²) in [6.07, 6.45) is 0. The Hall–Kier alpha value is 0.01000. The average molecular weight is 398 g/mol. The number of hydrogen-bond donors (Lipinski definition) is 2. The first-order valence-electron chi connectivity index (χ1n) is 7.01. The van der Waals surface area contributed by atoms with Gasteiger partial charge in [0.05, 0.1) is 3.79 Å². The maximum absolute atomic E-state index is 12.5. The van der Waals surface area contributed by atoms with Gasteiger partial charge in [0.25, 0.3) is 0 Å². The van der Waals surface area contributed by atoms with Crippen molar-refractivity contribution in [3.63, 3.8) is 0 Å². The highest BCUT2D eigenvalue weighted by Crippen LogP contribution is 2.31. The molecule has 0 radical (unpaired) electrons. The third-order valence-corrected chi connectivity index (χ3v) is 6.97. The Balaban J connectivity index is 2.81. The molecule has 0 aliphatic heterocycles. The normalized spacial score (nSPS) is 13.8. The number of halogens is 1. The minimum atomic E-state index is -3.49. The Bertz CT molecular complexity index is 542. The lowest BCUT2D eigenvalue weighted by Crippen LogP contribution is -2.41. The molecule has 1 aromatic heterocycles. The second kappa shape index (κ2) is 8.59. The molecule has 0 aliphatic rings. The SMILES string of the molecule is CCN(CC)CC(C)NS(=O)(=O)c1cc(CNC)sc1Br. The van der Waals surface area contributed by atoms with E-state index in [2.05, 4.69) is 44.7 Å². The van der Waals surface area contributed by atoms with Crippen molar-refractivity contribution in [2.45, 2.75) is 38.3 Å². The first kappa shape index (κ1) is 19.1. The molecular formula is C13H24BrN3O2S2. The van der Waals surface area contributed by atoms with Crippen LogP contribution in [0.5, 0.6) is 0 Å². The van der Waals surface area contributed by atoms with Crippen LogP contribution in [-0.2, 0) is 16.6 Å². The predicted molar refractivity (Wildman–Crippen MR) is 92.4 cm³/mol. The van der Waals surface area contributed by atoms with Crippen LogP contribution in [0.2, 0.25) is 0 Å². The molecule has 1 heterocycles. The summed E-state index contributed by atoms with van der Waals surface area (Å²) in [6.45, 7) is 9.23. The molecule has 0 saturated heterocycles. The second-order valence-electron chi connectivity index (χ2n) is 4.89. The summed E-state index contributed by atoms with van der Waals surface area (Å²) >= 11 is 4.79. The minimum Gasteiger partial charge on any atom is -0.315 e. The van der Waals surface area contributed by atoms with E-state index in [0.717, 1.165) is 18.0 Å². The smallest absolute Gasteiger partial charge is 0.242 e. The summed E-state index contributed by atoms with van der Waals surface area (Å²) in [5.74, 6) is 0. The minimum absolute atomic E-state index is 0.130. The van der Waals surface area contributed by atoms with Gasteiger partial charge in [0.1, 0.15) is 4.90 Å². The number of nitrogens with zero attached hydrogens (tertiary/aromatic N) is 1. The first-order chi connectivity index (χ1) is 9.83. The molecule has 2 N–H and O–H groups in total. The maximum Gasteiger partial charge on any atom is 0.242 e. The molecule has 21 heavy (non-hydrogen) atoms. The number of sulfonamides is 1. The van der Waals surface area contributed by atoms with Crippen LogP contribution in [0.25, 0.3) is 0 Å². The van der Waals surface area contributed by atoms with E-state index in [1.807, 2.05) is 14.0 Å². The molecule has 1 atom stereocenters. The standard InChI is InChI=1S/C13H24BrN3O2S2/c1-5-17(6-2)9-10(3)16-21(18,19)12-7-11(8-15-4)20-13(12)14/h7,10,15-16H,5-6,8-9H2,1-4H3. The van der Waals surface area contributed by atoms with E-state index in [4.69, 9.17) is 0 Å². The van der Waals surface area contributed by atoms with Gasteiger partial charge in [-0.3, -0.25) is 0 Å². The molecule has 1 aromatic rings. The van der Waals surface area contributed by atoms with Crippen LogP contribution in [0.1, 0.15) is 25.6 Å². The zero-order chi connectivity index (χ0) is 16.0. The summed E-state index contributed by atoms with van der Waals surface area (Å²) in [5.41, 5.74) is 0. The molecule has 0 saturated carbocycles. The summed E-state index contributed by atoms with van der Waals surface area (Å²) < 4.78 is 28.3. The van der Waals surface area contributed by atoms with Crippen molar-refractivity contribution in [3.05, 3.63) is 14.7 Å². The number of rotatable bonds is 9. The monoisotopic (exact) mass is 397 g/mol. The lowest BCUT2D eigenvalue weighted by Gasteiger charge is -2.23. The van der Waals surface area contributed by atoms with Crippen LogP contribution in [0.15, 0.2) is 14.7 Å². The Morgan fingerprint density at radius 2 is 2.00 bits per heavy atom. The fraction of sp³-hybridized carbons (Fsp3) is 0.692. The van der Waals surface area contributed by atoms with Gasteiger partial charge >= 0.3 is 0 Å². The third-order valence-electron chi connectivity index (χ3n) is 3.13. The molecule has 0 spiro atoms. The lowest BCUT2D eigenvalue weighted by molar-refractivity contribution is 0.282. The van der Waals surface area contributed by atoms with Crippen LogP contribution in [-0.4, -0.2) is 46.0 Å². The van der Waals surface area contributed by atoms with E-state index in [9.17, 15) is 8.42 Å². The molecule has 0 amide bonds. The number of hydrogen-bond acceptors (Lipinski definition) is 5. The van der Waals surface area contributed by atoms with E-state index < -0.39 is 10.0 Å². The fourth-order valence-corrected chi connectivity index (χ4v) is 6.01. The Kier molecular flexibility index (Phi) is 7.80. The first-order valence-corrected chi connectivity index (χ1v) is 10.1. The fourth-order valence-electron chi connectivity index (χ4n) is 2.08. The van der Waals surface area contributed by atoms with E-state index in [-0.39, 0.29) is 6.04 Å². The Morgan fingerprint density at radius 3 is 2.52 bits per heavy atom. The number of thiophene rings is 1. The largest absolute Gasteiger partial charge is 0.315 e. The summed E-state index contributed by atoms with van der Waals surface area (Å²) in [5, 5.41) is 3.03. The summed E-state index contributed by atoms with van der Waals surface area (Å²) in [4.78, 5) is 3.51. The zero-order valence-electron chi connectivity index (χ0n) is 12.9. The van der Waals surface area contributed by atoms with E-state index in [1.165, 1.54) is 11.3 Å². The third kappa shape index (κ3) is 5.61. The molecule has 0 aromatic carbocycles. The maximum atomic E-state index is 12.5. The van der Waals surface area contributed by atoms with Gasteiger partial charge in [-0.25, -0.2) is 13.1 Å². The Labute approximate surface area is 140 Å². The van der Waals surface area contributed by atoms with Crippen molar-refractivity contribution in [1.82, 2.24) is 14.9 Å². The van der Waals surface area contributed by atoms with Crippen LogP contribution in [0.3, 0.4) is 0 Å². The van der Waals surface area contributed by atoms with Crippen LogP contribution < -0.4 is 10.0 Å². The highest BCUT2D eigenvalue weighted by atomic mass is 79.9. The van der Waals surface area contributed by atoms with Crippen molar-refractivity contribution in [2.24, 2.45) is 0 Å². The molecule has 0 fully saturated rings. The molecule has 1 unspecified atom stereocenters. The molecule has 5 nitrogen and oxygen atoms in total. The highest BCUT2D eigenvalue weighted by Gasteiger charge is 2.23. The van der Waals surface area contributed by atoms with E-state index in [1.54, 1.807) is 6.07 Å². The van der Waals surface area contributed by atoms with Crippen molar-refractivity contribution in [3.8, 4) is 0 Å². The van der Waals surface area contributed by atoms with Crippen LogP contribution in [0.4, 0.5) is 0 Å². The van der Waals surface area contributed by atoms with Crippen molar-refractivity contribution in [1.29, 1.82) is 0 Å². The van der Waals surface area contributed by atoms with Crippen molar-refractivity contribution < 1.29 is 8.42 Å². The number of nitrogens with one attached hydrogen (secondary N) is 2. The van der Waals surface area contributed by atoms with Gasteiger partial charge in [0, 0.05) is 24.0 Å². The highest BCUT2D eigenvalue weighted by molar-refractivity contribution is 9.11. The molecule has 122 valence electrons. The predicted octanol–water partition coefficient (Wildman–Crippen LogP) is 2.24. The van der Waals surface area contributed by atoms with Crippen molar-refractivity contribution in [2.75, 3.05) is 26.7 Å². The van der Waals surface area contributed by atoms with Crippen molar-refractivity contribution >= 4 is 37.3 Å². The van der Waals surface area contributed by atoms with Crippen LogP contribution in [0, 0.1) is 0 Å². The topological polar surface area (TPSA) is 61.4 Å². The second-order valence-corrected chi connectivity index (χ2v) is 9.03. The molecular weight excluding hydrogens is 374 g/mol. The molecule has 0 bridgehead atoms. The Morgan fingerprint density at radius 1 is 1.38 bits per heavy atom. The van der Waals surface area contributed by atoms with E-state index >= 15 is 0 Å². The average Bonchev–Trinajstić information content (AvgIpc) is 2.77. The number of likely N-dealkylation sites (N-methyl/N-ethyl adjacent to an activating group) is 1. The zero-order valence-corrected chi connectivity index (χ0v) is 16.2. The van der Waals surface area contributed by atoms with Gasteiger partial charge < -0.3 is 10.2 Å². The molecule has 0 aliphatic carbocycles. The van der Waals surface area contributed by atoms with Gasteiger partial charge in [-0.1, -0.05) is 13.8 Å². The quantitative estimate of drug-likeness (QED) is 0.670. The van der Waals surface area contributed by atoms with E-state index in [0.29, 0.717) is 21.8 Å². The van der Waals surface area contributed by atoms with Gasteiger partial charge in [-0.15, -0.1) is 11.3 Å². The van der Waals surface area contributed by atoms with Gasteiger partial charge in [-0.2, -0.15) is 0 Å². The molecule has 8 heteroatoms. The summed E-state index contributed by atoms with van der Waals surface area (Å²) in [7, 11) is -1.65. The van der Waals surface area contributed by atoms with Gasteiger partial charge in [-0.05, 0) is 49.1 Å². The van der Waals surface area contributed by atoms with Crippen LogP contribution >= 0.6 is 27.3 Å².